The van der Waals surface area contributed by atoms with Gasteiger partial charge in [0.25, 0.3) is 0 Å². The fourth-order valence-electron chi connectivity index (χ4n) is 4.83. The summed E-state index contributed by atoms with van der Waals surface area (Å²) < 4.78 is 33.5. The van der Waals surface area contributed by atoms with Gasteiger partial charge in [0.2, 0.25) is 15.9 Å². The third-order valence-corrected chi connectivity index (χ3v) is 8.47. The van der Waals surface area contributed by atoms with Crippen LogP contribution >= 0.6 is 0 Å². The molecule has 1 amide bonds. The highest BCUT2D eigenvalue weighted by molar-refractivity contribution is 7.89. The Kier molecular flexibility index (Phi) is 4.52. The second-order valence-electron chi connectivity index (χ2n) is 9.07. The van der Waals surface area contributed by atoms with Crippen LogP contribution in [0.2, 0.25) is 0 Å². The van der Waals surface area contributed by atoms with Crippen LogP contribution < -0.4 is 5.32 Å². The zero-order chi connectivity index (χ0) is 19.4. The van der Waals surface area contributed by atoms with Crippen molar-refractivity contribution in [2.45, 2.75) is 55.4 Å². The second-order valence-corrected chi connectivity index (χ2v) is 11.0. The van der Waals surface area contributed by atoms with Gasteiger partial charge in [-0.3, -0.25) is 4.79 Å². The number of carbonyl (C=O) groups excluding carboxylic acids is 1. The minimum atomic E-state index is -3.46. The van der Waals surface area contributed by atoms with E-state index in [2.05, 4.69) is 5.32 Å². The van der Waals surface area contributed by atoms with Crippen LogP contribution in [0.3, 0.4) is 0 Å². The summed E-state index contributed by atoms with van der Waals surface area (Å²) in [6, 6.07) is 5.56. The van der Waals surface area contributed by atoms with E-state index in [9.17, 15) is 13.2 Å². The van der Waals surface area contributed by atoms with Crippen molar-refractivity contribution in [1.82, 2.24) is 9.62 Å². The predicted molar refractivity (Wildman–Crippen MR) is 104 cm³/mol. The highest BCUT2D eigenvalue weighted by atomic mass is 32.2. The molecule has 2 saturated heterocycles. The number of hydrogen-bond acceptors (Lipinski definition) is 4. The molecular formula is C21H28N2O4S. The Labute approximate surface area is 166 Å². The first-order chi connectivity index (χ1) is 13.4. The van der Waals surface area contributed by atoms with Gasteiger partial charge in [-0.2, -0.15) is 4.31 Å². The van der Waals surface area contributed by atoms with Crippen molar-refractivity contribution in [3.8, 4) is 0 Å². The third-order valence-electron chi connectivity index (χ3n) is 6.68. The van der Waals surface area contributed by atoms with Crippen molar-refractivity contribution < 1.29 is 17.9 Å². The van der Waals surface area contributed by atoms with Gasteiger partial charge in [-0.15, -0.1) is 0 Å². The van der Waals surface area contributed by atoms with E-state index in [1.165, 1.54) is 28.3 Å². The summed E-state index contributed by atoms with van der Waals surface area (Å²) >= 11 is 0. The first-order valence-corrected chi connectivity index (χ1v) is 11.9. The Morgan fingerprint density at radius 3 is 2.75 bits per heavy atom. The first-order valence-electron chi connectivity index (χ1n) is 10.5. The van der Waals surface area contributed by atoms with E-state index in [1.807, 2.05) is 12.1 Å². The molecule has 2 heterocycles. The van der Waals surface area contributed by atoms with Gasteiger partial charge in [-0.25, -0.2) is 8.42 Å². The molecule has 0 bridgehead atoms. The lowest BCUT2D eigenvalue weighted by atomic mass is 9.87. The number of fused-ring (bicyclic) bond motifs is 1. The van der Waals surface area contributed by atoms with Gasteiger partial charge in [-0.1, -0.05) is 6.07 Å². The average Bonchev–Trinajstić information content (AvgIpc) is 3.18. The highest BCUT2D eigenvalue weighted by Crippen LogP contribution is 2.41. The molecule has 3 fully saturated rings. The van der Waals surface area contributed by atoms with Gasteiger partial charge in [0.15, 0.2) is 0 Å². The summed E-state index contributed by atoms with van der Waals surface area (Å²) in [6.45, 7) is 2.13. The van der Waals surface area contributed by atoms with Crippen LogP contribution in [-0.4, -0.2) is 50.5 Å². The van der Waals surface area contributed by atoms with E-state index in [4.69, 9.17) is 4.74 Å². The van der Waals surface area contributed by atoms with Crippen LogP contribution in [-0.2, 0) is 32.4 Å². The Bertz CT molecular complexity index is 888. The van der Waals surface area contributed by atoms with Crippen molar-refractivity contribution in [3.63, 3.8) is 0 Å². The Balaban J connectivity index is 1.17. The van der Waals surface area contributed by atoms with E-state index in [0.29, 0.717) is 36.9 Å². The maximum Gasteiger partial charge on any atom is 0.243 e. The molecule has 1 saturated carbocycles. The molecule has 1 atom stereocenters. The zero-order valence-electron chi connectivity index (χ0n) is 16.2. The van der Waals surface area contributed by atoms with Crippen molar-refractivity contribution in [1.29, 1.82) is 0 Å². The topological polar surface area (TPSA) is 75.7 Å². The molecule has 2 aliphatic heterocycles. The normalized spacial score (nSPS) is 26.2. The van der Waals surface area contributed by atoms with Crippen LogP contribution in [0.4, 0.5) is 0 Å². The molecular weight excluding hydrogens is 376 g/mol. The monoisotopic (exact) mass is 404 g/mol. The average molecular weight is 405 g/mol. The molecule has 0 radical (unpaired) electrons. The number of benzene rings is 1. The van der Waals surface area contributed by atoms with Gasteiger partial charge < -0.3 is 10.1 Å². The summed E-state index contributed by atoms with van der Waals surface area (Å²) in [4.78, 5) is 12.5. The Hall–Kier alpha value is -1.44. The van der Waals surface area contributed by atoms with Crippen molar-refractivity contribution >= 4 is 15.9 Å². The largest absolute Gasteiger partial charge is 0.372 e. The molecule has 5 rings (SSSR count). The van der Waals surface area contributed by atoms with E-state index in [-0.39, 0.29) is 11.8 Å². The number of rotatable bonds is 6. The number of amides is 1. The van der Waals surface area contributed by atoms with Gasteiger partial charge in [0.05, 0.1) is 17.1 Å². The minimum absolute atomic E-state index is 0.0968. The maximum atomic E-state index is 13.0. The molecule has 1 spiro atoms. The Morgan fingerprint density at radius 2 is 1.96 bits per heavy atom. The summed E-state index contributed by atoms with van der Waals surface area (Å²) in [5.74, 6) is 0.961. The number of carbonyl (C=O) groups is 1. The molecule has 152 valence electrons. The van der Waals surface area contributed by atoms with Crippen molar-refractivity contribution in [2.75, 3.05) is 26.2 Å². The fraction of sp³-hybridized carbons (Fsp3) is 0.667. The van der Waals surface area contributed by atoms with Crippen LogP contribution in [0.25, 0.3) is 0 Å². The maximum absolute atomic E-state index is 13.0. The molecule has 4 aliphatic rings. The molecule has 0 aromatic heterocycles. The first kappa shape index (κ1) is 18.6. The van der Waals surface area contributed by atoms with Crippen LogP contribution in [0.5, 0.6) is 0 Å². The molecule has 7 heteroatoms. The zero-order valence-corrected chi connectivity index (χ0v) is 17.0. The number of nitrogens with one attached hydrogen (secondary N) is 1. The molecule has 28 heavy (non-hydrogen) atoms. The van der Waals surface area contributed by atoms with Gasteiger partial charge in [0.1, 0.15) is 0 Å². The molecule has 1 aromatic carbocycles. The fourth-order valence-corrected chi connectivity index (χ4v) is 6.47. The van der Waals surface area contributed by atoms with E-state index >= 15 is 0 Å². The Morgan fingerprint density at radius 1 is 1.18 bits per heavy atom. The van der Waals surface area contributed by atoms with Gasteiger partial charge in [0, 0.05) is 26.1 Å². The van der Waals surface area contributed by atoms with Crippen molar-refractivity contribution in [2.24, 2.45) is 11.8 Å². The van der Waals surface area contributed by atoms with E-state index in [1.54, 1.807) is 6.07 Å². The lowest BCUT2D eigenvalue weighted by molar-refractivity contribution is -0.122. The predicted octanol–water partition coefficient (Wildman–Crippen LogP) is 1.87. The van der Waals surface area contributed by atoms with Gasteiger partial charge >= 0.3 is 0 Å². The summed E-state index contributed by atoms with van der Waals surface area (Å²) in [5, 5.41) is 3.01. The van der Waals surface area contributed by atoms with Crippen LogP contribution in [0.15, 0.2) is 23.1 Å². The summed E-state index contributed by atoms with van der Waals surface area (Å²) in [6.07, 6.45) is 6.82. The number of aryl methyl sites for hydroxylation is 2. The minimum Gasteiger partial charge on any atom is -0.372 e. The molecule has 2 aliphatic carbocycles. The second kappa shape index (κ2) is 6.82. The standard InChI is InChI=1S/C21H28N2O4S/c24-20(22-11-15-4-5-15)8-16-10-21(27-12-16)13-23(14-21)28(25,26)19-7-6-17-2-1-3-18(17)9-19/h6-7,9,15-16H,1-5,8,10-14H2,(H,22,24). The molecule has 1 aromatic rings. The summed E-state index contributed by atoms with van der Waals surface area (Å²) in [5.41, 5.74) is 2.05. The van der Waals surface area contributed by atoms with Crippen LogP contribution in [0.1, 0.15) is 43.2 Å². The number of sulfonamides is 1. The van der Waals surface area contributed by atoms with Crippen molar-refractivity contribution in [3.05, 3.63) is 29.3 Å². The van der Waals surface area contributed by atoms with Crippen LogP contribution in [0, 0.1) is 11.8 Å². The summed E-state index contributed by atoms with van der Waals surface area (Å²) in [7, 11) is -3.46. The molecule has 6 nitrogen and oxygen atoms in total. The number of ether oxygens (including phenoxy) is 1. The molecule has 1 unspecified atom stereocenters. The number of nitrogens with zero attached hydrogens (tertiary/aromatic N) is 1. The third kappa shape index (κ3) is 3.48. The molecule has 1 N–H and O–H groups in total. The lowest BCUT2D eigenvalue weighted by Gasteiger charge is -2.46. The highest BCUT2D eigenvalue weighted by Gasteiger charge is 2.53. The van der Waals surface area contributed by atoms with E-state index in [0.717, 1.165) is 32.2 Å². The van der Waals surface area contributed by atoms with E-state index < -0.39 is 15.6 Å². The number of hydrogen-bond donors (Lipinski definition) is 1. The lowest BCUT2D eigenvalue weighted by Crippen LogP contribution is -2.63. The quantitative estimate of drug-likeness (QED) is 0.785. The SMILES string of the molecule is O=C(CC1COC2(C1)CN(S(=O)(=O)c1ccc3c(c1)CCC3)C2)NCC1CC1. The van der Waals surface area contributed by atoms with Gasteiger partial charge in [-0.05, 0) is 73.6 Å². The smallest absolute Gasteiger partial charge is 0.243 e.